The van der Waals surface area contributed by atoms with Gasteiger partial charge in [-0.25, -0.2) is 0 Å². The van der Waals surface area contributed by atoms with Crippen molar-refractivity contribution >= 4 is 0 Å². The van der Waals surface area contributed by atoms with Gasteiger partial charge < -0.3 is 52.5 Å². The number of aliphatic hydroxyl groups is 1. The highest BCUT2D eigenvalue weighted by Crippen LogP contribution is 2.32. The first kappa shape index (κ1) is 24.6. The molecule has 1 saturated carbocycles. The van der Waals surface area contributed by atoms with E-state index >= 15 is 0 Å². The second-order valence-corrected chi connectivity index (χ2v) is 5.68. The Balaban J connectivity index is 3.14. The smallest absolute Gasteiger partial charge is 0.146 e. The minimum absolute atomic E-state index is 0.0333. The van der Waals surface area contributed by atoms with Crippen LogP contribution in [-0.4, -0.2) is 111 Å². The van der Waals surface area contributed by atoms with E-state index in [1.54, 1.807) is 0 Å². The van der Waals surface area contributed by atoms with E-state index in [-0.39, 0.29) is 34.0 Å². The summed E-state index contributed by atoms with van der Waals surface area (Å²) in [5.74, 6) is 0. The lowest BCUT2D eigenvalue weighted by Gasteiger charge is -2.47. The zero-order valence-electron chi connectivity index (χ0n) is 16.5. The fourth-order valence-corrected chi connectivity index (χ4v) is 2.83. The molecule has 162 valence electrons. The molecule has 11 nitrogen and oxygen atoms in total. The van der Waals surface area contributed by atoms with Crippen molar-refractivity contribution in [2.24, 2.45) is 0 Å². The Morgan fingerprint density at radius 1 is 0.444 bits per heavy atom. The van der Waals surface area contributed by atoms with Crippen LogP contribution in [0.5, 0.6) is 0 Å². The topological polar surface area (TPSA) is 113 Å². The summed E-state index contributed by atoms with van der Waals surface area (Å²) in [7, 11) is 7.41. The SMILES string of the molecule is COCO[C@@H]1[C@@H](OCOC)[C@@H](OCOC)[C@@H](O)[C@H](OCOC)[C@H]1OCOC. The molecular weight excluding hydrogens is 368 g/mol. The van der Waals surface area contributed by atoms with Crippen molar-refractivity contribution in [3.05, 3.63) is 0 Å². The molecule has 0 amide bonds. The minimum atomic E-state index is -1.12. The lowest BCUT2D eigenvalue weighted by atomic mass is 9.84. The predicted molar refractivity (Wildman–Crippen MR) is 89.8 cm³/mol. The molecule has 0 aromatic carbocycles. The third-order valence-electron chi connectivity index (χ3n) is 3.86. The zero-order chi connectivity index (χ0) is 20.1. The summed E-state index contributed by atoms with van der Waals surface area (Å²) in [6, 6.07) is 0. The minimum Gasteiger partial charge on any atom is -0.387 e. The summed E-state index contributed by atoms with van der Waals surface area (Å²) in [4.78, 5) is 0. The van der Waals surface area contributed by atoms with Gasteiger partial charge in [-0.05, 0) is 0 Å². The number of hydrogen-bond donors (Lipinski definition) is 1. The molecule has 0 saturated heterocycles. The van der Waals surface area contributed by atoms with Gasteiger partial charge in [0, 0.05) is 35.5 Å². The second-order valence-electron chi connectivity index (χ2n) is 5.68. The summed E-state index contributed by atoms with van der Waals surface area (Å²) in [6.45, 7) is -0.248. The summed E-state index contributed by atoms with van der Waals surface area (Å²) in [5, 5.41) is 10.9. The molecule has 1 aliphatic rings. The van der Waals surface area contributed by atoms with Crippen LogP contribution in [0.2, 0.25) is 0 Å². The van der Waals surface area contributed by atoms with E-state index in [2.05, 4.69) is 0 Å². The van der Waals surface area contributed by atoms with E-state index in [0.717, 1.165) is 0 Å². The highest BCUT2D eigenvalue weighted by Gasteiger charge is 2.54. The normalized spacial score (nSPS) is 31.3. The maximum atomic E-state index is 10.9. The van der Waals surface area contributed by atoms with Gasteiger partial charge in [0.25, 0.3) is 0 Å². The first-order valence-corrected chi connectivity index (χ1v) is 8.36. The van der Waals surface area contributed by atoms with Crippen molar-refractivity contribution in [1.29, 1.82) is 0 Å². The molecule has 1 fully saturated rings. The van der Waals surface area contributed by atoms with E-state index in [1.165, 1.54) is 35.5 Å². The van der Waals surface area contributed by atoms with Crippen molar-refractivity contribution in [2.45, 2.75) is 36.6 Å². The van der Waals surface area contributed by atoms with E-state index in [9.17, 15) is 5.11 Å². The van der Waals surface area contributed by atoms with Gasteiger partial charge in [-0.3, -0.25) is 0 Å². The van der Waals surface area contributed by atoms with Gasteiger partial charge in [-0.15, -0.1) is 0 Å². The Morgan fingerprint density at radius 3 is 0.926 bits per heavy atom. The Bertz CT molecular complexity index is 331. The largest absolute Gasteiger partial charge is 0.387 e. The molecule has 0 radical (unpaired) electrons. The third-order valence-corrected chi connectivity index (χ3v) is 3.86. The van der Waals surface area contributed by atoms with Gasteiger partial charge >= 0.3 is 0 Å². The zero-order valence-corrected chi connectivity index (χ0v) is 16.5. The van der Waals surface area contributed by atoms with E-state index in [4.69, 9.17) is 47.4 Å². The van der Waals surface area contributed by atoms with Crippen LogP contribution in [0.4, 0.5) is 0 Å². The van der Waals surface area contributed by atoms with Gasteiger partial charge in [-0.2, -0.15) is 0 Å². The number of rotatable bonds is 15. The molecule has 0 bridgehead atoms. The molecule has 0 aromatic heterocycles. The van der Waals surface area contributed by atoms with E-state index in [0.29, 0.717) is 0 Å². The molecule has 1 rings (SSSR count). The van der Waals surface area contributed by atoms with Gasteiger partial charge in [0.2, 0.25) is 0 Å². The monoisotopic (exact) mass is 400 g/mol. The summed E-state index contributed by atoms with van der Waals surface area (Å²) in [6.07, 6.45) is -5.04. The molecule has 0 heterocycles. The van der Waals surface area contributed by atoms with Crippen molar-refractivity contribution in [3.63, 3.8) is 0 Å². The molecule has 1 N–H and O–H groups in total. The fourth-order valence-electron chi connectivity index (χ4n) is 2.83. The van der Waals surface area contributed by atoms with Crippen LogP contribution >= 0.6 is 0 Å². The first-order chi connectivity index (χ1) is 13.2. The molecule has 0 aromatic rings. The van der Waals surface area contributed by atoms with E-state index in [1.807, 2.05) is 0 Å². The van der Waals surface area contributed by atoms with Gasteiger partial charge in [0.15, 0.2) is 0 Å². The first-order valence-electron chi connectivity index (χ1n) is 8.36. The number of methoxy groups -OCH3 is 5. The molecule has 27 heavy (non-hydrogen) atoms. The highest BCUT2D eigenvalue weighted by atomic mass is 16.7. The van der Waals surface area contributed by atoms with Crippen LogP contribution in [0.3, 0.4) is 0 Å². The maximum Gasteiger partial charge on any atom is 0.146 e. The standard InChI is InChI=1S/C16H32O11/c1-18-6-23-12-11(17)13(24-7-19-2)15(26-9-21-4)16(27-10-22-5)14(12)25-8-20-3/h11-17H,6-10H2,1-5H3/t11-,12-,13-,14+,15-,16-/m0/s1. The molecular formula is C16H32O11. The molecule has 0 aliphatic heterocycles. The lowest BCUT2D eigenvalue weighted by Crippen LogP contribution is -2.67. The van der Waals surface area contributed by atoms with E-state index < -0.39 is 36.6 Å². The number of ether oxygens (including phenoxy) is 10. The molecule has 11 heteroatoms. The fraction of sp³-hybridized carbons (Fsp3) is 1.00. The average molecular weight is 400 g/mol. The van der Waals surface area contributed by atoms with Gasteiger partial charge in [0.1, 0.15) is 70.6 Å². The van der Waals surface area contributed by atoms with Crippen LogP contribution in [0.1, 0.15) is 0 Å². The third kappa shape index (κ3) is 7.48. The van der Waals surface area contributed by atoms with Crippen molar-refractivity contribution in [1.82, 2.24) is 0 Å². The van der Waals surface area contributed by atoms with Crippen LogP contribution in [0.25, 0.3) is 0 Å². The Morgan fingerprint density at radius 2 is 0.667 bits per heavy atom. The molecule has 0 spiro atoms. The van der Waals surface area contributed by atoms with Gasteiger partial charge in [-0.1, -0.05) is 0 Å². The predicted octanol–water partition coefficient (Wildman–Crippen LogP) is -0.694. The maximum absolute atomic E-state index is 10.9. The van der Waals surface area contributed by atoms with Crippen LogP contribution < -0.4 is 0 Å². The highest BCUT2D eigenvalue weighted by molar-refractivity contribution is 5.02. The Hall–Kier alpha value is -0.440. The van der Waals surface area contributed by atoms with Gasteiger partial charge in [0.05, 0.1) is 0 Å². The summed E-state index contributed by atoms with van der Waals surface area (Å²) < 4.78 is 53.5. The molecule has 1 aliphatic carbocycles. The van der Waals surface area contributed by atoms with Crippen LogP contribution in [-0.2, 0) is 47.4 Å². The van der Waals surface area contributed by atoms with Crippen LogP contribution in [0, 0.1) is 0 Å². The van der Waals surface area contributed by atoms with Crippen molar-refractivity contribution in [2.75, 3.05) is 69.5 Å². The molecule has 0 unspecified atom stereocenters. The van der Waals surface area contributed by atoms with Crippen molar-refractivity contribution in [3.8, 4) is 0 Å². The van der Waals surface area contributed by atoms with Crippen molar-refractivity contribution < 1.29 is 52.5 Å². The summed E-state index contributed by atoms with van der Waals surface area (Å²) in [5.41, 5.74) is 0. The number of hydrogen-bond acceptors (Lipinski definition) is 11. The Labute approximate surface area is 159 Å². The lowest BCUT2D eigenvalue weighted by molar-refractivity contribution is -0.313. The Kier molecular flexibility index (Phi) is 13.2. The molecule has 6 atom stereocenters. The van der Waals surface area contributed by atoms with Crippen LogP contribution in [0.15, 0.2) is 0 Å². The summed E-state index contributed by atoms with van der Waals surface area (Å²) >= 11 is 0. The quantitative estimate of drug-likeness (QED) is 0.352. The average Bonchev–Trinajstić information content (AvgIpc) is 2.68. The number of aliphatic hydroxyl groups excluding tert-OH is 1. The second kappa shape index (κ2) is 14.5.